The summed E-state index contributed by atoms with van der Waals surface area (Å²) in [4.78, 5) is 12.5. The number of nitrogens with two attached hydrogens (primary N) is 1. The number of anilines is 1. The second-order valence-corrected chi connectivity index (χ2v) is 5.26. The zero-order valence-electron chi connectivity index (χ0n) is 13.2. The molecule has 0 spiro atoms. The molecule has 114 valence electrons. The van der Waals surface area contributed by atoms with Crippen molar-refractivity contribution in [2.45, 2.75) is 72.4 Å². The Hall–Kier alpha value is -1.52. The highest BCUT2D eigenvalue weighted by atomic mass is 16.2. The molecule has 0 saturated carbocycles. The van der Waals surface area contributed by atoms with Crippen LogP contribution >= 0.6 is 0 Å². The van der Waals surface area contributed by atoms with Gasteiger partial charge in [-0.15, -0.1) is 0 Å². The molecule has 1 rings (SSSR count). The van der Waals surface area contributed by atoms with Gasteiger partial charge >= 0.3 is 0 Å². The first-order valence-corrected chi connectivity index (χ1v) is 7.68. The Balaban J connectivity index is 2.82. The van der Waals surface area contributed by atoms with Crippen LogP contribution in [-0.2, 0) is 6.54 Å². The first-order valence-electron chi connectivity index (χ1n) is 7.68. The molecule has 3 N–H and O–H groups in total. The van der Waals surface area contributed by atoms with Gasteiger partial charge < -0.3 is 11.1 Å². The molecule has 0 aromatic carbocycles. The van der Waals surface area contributed by atoms with Crippen LogP contribution in [0.25, 0.3) is 0 Å². The number of aryl methyl sites for hydroxylation is 2. The average Bonchev–Trinajstić information content (AvgIpc) is 2.71. The van der Waals surface area contributed by atoms with Gasteiger partial charge in [-0.05, 0) is 26.7 Å². The van der Waals surface area contributed by atoms with E-state index in [4.69, 9.17) is 5.73 Å². The van der Waals surface area contributed by atoms with E-state index in [-0.39, 0.29) is 11.9 Å². The topological polar surface area (TPSA) is 72.9 Å². The molecule has 0 aliphatic carbocycles. The lowest BCUT2D eigenvalue weighted by molar-refractivity contribution is 0.0922. The van der Waals surface area contributed by atoms with Gasteiger partial charge in [0.2, 0.25) is 0 Å². The number of carbonyl (C=O) groups excluding carboxylic acids is 1. The fraction of sp³-hybridized carbons (Fsp3) is 0.733. The molecule has 0 radical (unpaired) electrons. The SMILES string of the molecule is CCCCC(CCC)NC(=O)c1c(N)c(C)nn1CC. The minimum Gasteiger partial charge on any atom is -0.395 e. The fourth-order valence-corrected chi connectivity index (χ4v) is 2.41. The average molecular weight is 280 g/mol. The third-order valence-electron chi connectivity index (χ3n) is 3.57. The summed E-state index contributed by atoms with van der Waals surface area (Å²) in [6, 6.07) is 0.229. The first-order chi connectivity index (χ1) is 9.54. The van der Waals surface area contributed by atoms with Crippen molar-refractivity contribution < 1.29 is 4.79 Å². The van der Waals surface area contributed by atoms with Gasteiger partial charge in [-0.3, -0.25) is 9.48 Å². The predicted octanol–water partition coefficient (Wildman–Crippen LogP) is 2.88. The number of hydrogen-bond donors (Lipinski definition) is 2. The highest BCUT2D eigenvalue weighted by Gasteiger charge is 2.21. The summed E-state index contributed by atoms with van der Waals surface area (Å²) in [5, 5.41) is 7.41. The number of aromatic nitrogens is 2. The Bertz CT molecular complexity index is 439. The van der Waals surface area contributed by atoms with E-state index >= 15 is 0 Å². The van der Waals surface area contributed by atoms with Crippen LogP contribution in [0.3, 0.4) is 0 Å². The number of nitrogens with zero attached hydrogens (tertiary/aromatic N) is 2. The van der Waals surface area contributed by atoms with Crippen LogP contribution in [0.1, 0.15) is 69.1 Å². The summed E-state index contributed by atoms with van der Waals surface area (Å²) in [6.07, 6.45) is 5.37. The Morgan fingerprint density at radius 1 is 1.30 bits per heavy atom. The molecular formula is C15H28N4O. The van der Waals surface area contributed by atoms with Gasteiger partial charge in [0.25, 0.3) is 5.91 Å². The van der Waals surface area contributed by atoms with Crippen LogP contribution < -0.4 is 11.1 Å². The number of carbonyl (C=O) groups is 1. The third kappa shape index (κ3) is 3.99. The molecule has 1 heterocycles. The molecule has 20 heavy (non-hydrogen) atoms. The van der Waals surface area contributed by atoms with Crippen molar-refractivity contribution >= 4 is 11.6 Å². The van der Waals surface area contributed by atoms with E-state index in [2.05, 4.69) is 24.3 Å². The zero-order chi connectivity index (χ0) is 15.1. The first kappa shape index (κ1) is 16.5. The molecule has 0 bridgehead atoms. The number of unbranched alkanes of at least 4 members (excludes halogenated alkanes) is 1. The van der Waals surface area contributed by atoms with E-state index in [1.165, 1.54) is 0 Å². The number of hydrogen-bond acceptors (Lipinski definition) is 3. The van der Waals surface area contributed by atoms with Crippen molar-refractivity contribution in [3.8, 4) is 0 Å². The van der Waals surface area contributed by atoms with Gasteiger partial charge in [0.05, 0.1) is 11.4 Å². The van der Waals surface area contributed by atoms with Gasteiger partial charge in [0, 0.05) is 12.6 Å². The molecule has 1 atom stereocenters. The molecule has 5 nitrogen and oxygen atoms in total. The second kappa shape index (κ2) is 7.92. The lowest BCUT2D eigenvalue weighted by Gasteiger charge is -2.18. The highest BCUT2D eigenvalue weighted by Crippen LogP contribution is 2.17. The number of nitrogens with one attached hydrogen (secondary N) is 1. The minimum absolute atomic E-state index is 0.0977. The standard InChI is InChI=1S/C15H28N4O/c1-5-8-10-12(9-6-2)17-15(20)14-13(16)11(4)18-19(14)7-3/h12H,5-10,16H2,1-4H3,(H,17,20). The van der Waals surface area contributed by atoms with Crippen LogP contribution in [-0.4, -0.2) is 21.7 Å². The van der Waals surface area contributed by atoms with Crippen molar-refractivity contribution in [1.82, 2.24) is 15.1 Å². The number of rotatable bonds is 8. The molecule has 1 aromatic heterocycles. The van der Waals surface area contributed by atoms with Gasteiger partial charge in [-0.2, -0.15) is 5.10 Å². The smallest absolute Gasteiger partial charge is 0.271 e. The van der Waals surface area contributed by atoms with E-state index in [9.17, 15) is 4.79 Å². The summed E-state index contributed by atoms with van der Waals surface area (Å²) in [5.41, 5.74) is 7.70. The molecule has 0 aliphatic heterocycles. The van der Waals surface area contributed by atoms with Crippen LogP contribution in [0.4, 0.5) is 5.69 Å². The van der Waals surface area contributed by atoms with E-state index < -0.39 is 0 Å². The van der Waals surface area contributed by atoms with Gasteiger partial charge in [-0.1, -0.05) is 33.1 Å². The molecule has 1 aromatic rings. The Kier molecular flexibility index (Phi) is 6.55. The van der Waals surface area contributed by atoms with Gasteiger partial charge in [-0.25, -0.2) is 0 Å². The lowest BCUT2D eigenvalue weighted by atomic mass is 10.0. The normalized spacial score (nSPS) is 12.4. The summed E-state index contributed by atoms with van der Waals surface area (Å²) in [6.45, 7) is 8.74. The molecule has 1 amide bonds. The summed E-state index contributed by atoms with van der Waals surface area (Å²) in [7, 11) is 0. The number of nitrogen functional groups attached to an aromatic ring is 1. The maximum Gasteiger partial charge on any atom is 0.271 e. The van der Waals surface area contributed by atoms with E-state index in [1.807, 2.05) is 13.8 Å². The number of amides is 1. The Morgan fingerprint density at radius 3 is 2.55 bits per heavy atom. The van der Waals surface area contributed by atoms with Crippen LogP contribution in [0.5, 0.6) is 0 Å². The van der Waals surface area contributed by atoms with E-state index in [0.717, 1.165) is 37.8 Å². The van der Waals surface area contributed by atoms with E-state index in [0.29, 0.717) is 17.9 Å². The minimum atomic E-state index is -0.0977. The van der Waals surface area contributed by atoms with Crippen LogP contribution in [0.15, 0.2) is 0 Å². The molecule has 0 fully saturated rings. The zero-order valence-corrected chi connectivity index (χ0v) is 13.2. The monoisotopic (exact) mass is 280 g/mol. The van der Waals surface area contributed by atoms with Crippen molar-refractivity contribution in [3.05, 3.63) is 11.4 Å². The highest BCUT2D eigenvalue weighted by molar-refractivity contribution is 5.98. The third-order valence-corrected chi connectivity index (χ3v) is 3.57. The molecule has 1 unspecified atom stereocenters. The Labute approximate surface area is 121 Å². The largest absolute Gasteiger partial charge is 0.395 e. The summed E-state index contributed by atoms with van der Waals surface area (Å²) in [5.74, 6) is -0.0977. The van der Waals surface area contributed by atoms with Crippen molar-refractivity contribution in [3.63, 3.8) is 0 Å². The molecule has 0 aliphatic rings. The molecule has 5 heteroatoms. The fourth-order valence-electron chi connectivity index (χ4n) is 2.41. The second-order valence-electron chi connectivity index (χ2n) is 5.26. The lowest BCUT2D eigenvalue weighted by Crippen LogP contribution is -2.36. The maximum absolute atomic E-state index is 12.5. The van der Waals surface area contributed by atoms with Crippen molar-refractivity contribution in [1.29, 1.82) is 0 Å². The molecule has 0 saturated heterocycles. The van der Waals surface area contributed by atoms with Gasteiger partial charge in [0.1, 0.15) is 5.69 Å². The van der Waals surface area contributed by atoms with Gasteiger partial charge in [0.15, 0.2) is 0 Å². The van der Waals surface area contributed by atoms with Crippen LogP contribution in [0, 0.1) is 6.92 Å². The van der Waals surface area contributed by atoms with E-state index in [1.54, 1.807) is 4.68 Å². The summed E-state index contributed by atoms with van der Waals surface area (Å²) >= 11 is 0. The Morgan fingerprint density at radius 2 is 2.00 bits per heavy atom. The maximum atomic E-state index is 12.5. The summed E-state index contributed by atoms with van der Waals surface area (Å²) < 4.78 is 1.68. The van der Waals surface area contributed by atoms with Crippen molar-refractivity contribution in [2.24, 2.45) is 0 Å². The quantitative estimate of drug-likeness (QED) is 0.769. The predicted molar refractivity (Wildman–Crippen MR) is 82.7 cm³/mol. The van der Waals surface area contributed by atoms with Crippen molar-refractivity contribution in [2.75, 3.05) is 5.73 Å². The van der Waals surface area contributed by atoms with Crippen LogP contribution in [0.2, 0.25) is 0 Å². The molecular weight excluding hydrogens is 252 g/mol.